The highest BCUT2D eigenvalue weighted by molar-refractivity contribution is 5.90. The molecule has 1 atom stereocenters. The van der Waals surface area contributed by atoms with Crippen LogP contribution in [0.4, 0.5) is 10.5 Å². The summed E-state index contributed by atoms with van der Waals surface area (Å²) in [5.41, 5.74) is 4.63. The minimum absolute atomic E-state index is 0.230. The van der Waals surface area contributed by atoms with Gasteiger partial charge < -0.3 is 15.4 Å². The van der Waals surface area contributed by atoms with Crippen LogP contribution in [0.25, 0.3) is 5.69 Å². The first-order valence-corrected chi connectivity index (χ1v) is 8.17. The number of nitrogens with one attached hydrogen (secondary N) is 2. The van der Waals surface area contributed by atoms with Gasteiger partial charge in [-0.3, -0.25) is 0 Å². The molecule has 2 N–H and O–H groups in total. The Morgan fingerprint density at radius 3 is 2.83 bits per heavy atom. The van der Waals surface area contributed by atoms with Crippen molar-refractivity contribution in [1.29, 1.82) is 0 Å². The number of benzene rings is 1. The Kier molecular flexibility index (Phi) is 4.32. The number of hydrogen-bond acceptors (Lipinski definition) is 3. The summed E-state index contributed by atoms with van der Waals surface area (Å²) >= 11 is 0. The average molecular weight is 328 g/mol. The molecule has 1 saturated heterocycles. The highest BCUT2D eigenvalue weighted by Gasteiger charge is 2.31. The number of urea groups is 1. The quantitative estimate of drug-likeness (QED) is 0.910. The number of rotatable bonds is 3. The molecule has 6 heteroatoms. The molecule has 6 nitrogen and oxygen atoms in total. The lowest BCUT2D eigenvalue weighted by Crippen LogP contribution is -2.48. The molecule has 1 aliphatic heterocycles. The molecule has 2 aromatic rings. The summed E-state index contributed by atoms with van der Waals surface area (Å²) in [6.07, 6.45) is 2.51. The molecule has 1 aromatic heterocycles. The molecule has 1 unspecified atom stereocenters. The van der Waals surface area contributed by atoms with Gasteiger partial charge in [-0.05, 0) is 51.3 Å². The molecule has 0 saturated carbocycles. The normalized spacial score (nSPS) is 20.2. The van der Waals surface area contributed by atoms with Crippen molar-refractivity contribution >= 4 is 11.7 Å². The summed E-state index contributed by atoms with van der Waals surface area (Å²) in [5, 5.41) is 10.3. The van der Waals surface area contributed by atoms with Gasteiger partial charge in [-0.1, -0.05) is 12.1 Å². The van der Waals surface area contributed by atoms with Crippen LogP contribution in [0.3, 0.4) is 0 Å². The molecule has 128 valence electrons. The zero-order valence-corrected chi connectivity index (χ0v) is 14.6. The van der Waals surface area contributed by atoms with E-state index >= 15 is 0 Å². The van der Waals surface area contributed by atoms with E-state index in [9.17, 15) is 4.79 Å². The van der Waals surface area contributed by atoms with E-state index in [1.807, 2.05) is 18.5 Å². The average Bonchev–Trinajstić information content (AvgIpc) is 3.09. The second-order valence-corrected chi connectivity index (χ2v) is 6.79. The first-order valence-electron chi connectivity index (χ1n) is 8.17. The molecule has 0 aliphatic carbocycles. The van der Waals surface area contributed by atoms with Crippen molar-refractivity contribution < 1.29 is 9.53 Å². The van der Waals surface area contributed by atoms with E-state index in [2.05, 4.69) is 47.8 Å². The fourth-order valence-corrected chi connectivity index (χ4v) is 2.92. The maximum absolute atomic E-state index is 12.3. The third-order valence-corrected chi connectivity index (χ3v) is 4.48. The van der Waals surface area contributed by atoms with Crippen molar-refractivity contribution in [3.8, 4) is 5.69 Å². The Labute approximate surface area is 142 Å². The highest BCUT2D eigenvalue weighted by atomic mass is 16.5. The maximum Gasteiger partial charge on any atom is 0.319 e. The number of aryl methyl sites for hydroxylation is 2. The Balaban J connectivity index is 1.77. The fourth-order valence-electron chi connectivity index (χ4n) is 2.92. The molecule has 1 fully saturated rings. The third-order valence-electron chi connectivity index (χ3n) is 4.48. The van der Waals surface area contributed by atoms with Crippen molar-refractivity contribution in [2.24, 2.45) is 0 Å². The number of anilines is 1. The first-order chi connectivity index (χ1) is 11.4. The molecule has 0 spiro atoms. The van der Waals surface area contributed by atoms with Crippen LogP contribution in [-0.2, 0) is 4.74 Å². The number of aromatic nitrogens is 2. The van der Waals surface area contributed by atoms with E-state index in [0.717, 1.165) is 23.4 Å². The van der Waals surface area contributed by atoms with Gasteiger partial charge >= 0.3 is 6.03 Å². The van der Waals surface area contributed by atoms with Crippen molar-refractivity contribution in [2.45, 2.75) is 39.7 Å². The smallest absolute Gasteiger partial charge is 0.319 e. The Morgan fingerprint density at radius 2 is 2.12 bits per heavy atom. The lowest BCUT2D eigenvalue weighted by Gasteiger charge is -2.23. The van der Waals surface area contributed by atoms with E-state index in [1.54, 1.807) is 6.20 Å². The minimum Gasteiger partial charge on any atom is -0.379 e. The van der Waals surface area contributed by atoms with E-state index in [-0.39, 0.29) is 11.6 Å². The van der Waals surface area contributed by atoms with E-state index < -0.39 is 0 Å². The summed E-state index contributed by atoms with van der Waals surface area (Å²) in [7, 11) is 0. The van der Waals surface area contributed by atoms with E-state index in [0.29, 0.717) is 18.9 Å². The van der Waals surface area contributed by atoms with Gasteiger partial charge in [0, 0.05) is 6.61 Å². The fraction of sp³-hybridized carbons (Fsp3) is 0.444. The van der Waals surface area contributed by atoms with Gasteiger partial charge in [-0.2, -0.15) is 5.10 Å². The first kappa shape index (κ1) is 16.5. The van der Waals surface area contributed by atoms with Crippen LogP contribution in [0, 0.1) is 20.8 Å². The Bertz CT molecular complexity index is 760. The largest absolute Gasteiger partial charge is 0.379 e. The van der Waals surface area contributed by atoms with Crippen molar-refractivity contribution in [3.05, 3.63) is 41.2 Å². The van der Waals surface area contributed by atoms with Gasteiger partial charge in [0.25, 0.3) is 0 Å². The summed E-state index contributed by atoms with van der Waals surface area (Å²) < 4.78 is 7.22. The number of amides is 2. The second-order valence-electron chi connectivity index (χ2n) is 6.79. The van der Waals surface area contributed by atoms with Crippen LogP contribution >= 0.6 is 0 Å². The SMILES string of the molecule is Cc1ccc(C)c(-n2ncc(NC(=O)NC3(C)CCOC3)c2C)c1. The number of hydrogen-bond donors (Lipinski definition) is 2. The van der Waals surface area contributed by atoms with Gasteiger partial charge in [0.1, 0.15) is 0 Å². The van der Waals surface area contributed by atoms with Gasteiger partial charge in [-0.15, -0.1) is 0 Å². The van der Waals surface area contributed by atoms with Gasteiger partial charge in [-0.25, -0.2) is 9.48 Å². The summed E-state index contributed by atoms with van der Waals surface area (Å²) in [6, 6.07) is 6.02. The summed E-state index contributed by atoms with van der Waals surface area (Å²) in [4.78, 5) is 12.3. The van der Waals surface area contributed by atoms with Crippen molar-refractivity contribution in [2.75, 3.05) is 18.5 Å². The molecule has 0 bridgehead atoms. The van der Waals surface area contributed by atoms with Gasteiger partial charge in [0.05, 0.1) is 35.4 Å². The van der Waals surface area contributed by atoms with Crippen LogP contribution in [0.15, 0.2) is 24.4 Å². The standard InChI is InChI=1S/C18H24N4O2/c1-12-5-6-13(2)16(9-12)22-14(3)15(10-19-22)20-17(23)21-18(4)7-8-24-11-18/h5-6,9-10H,7-8,11H2,1-4H3,(H2,20,21,23). The summed E-state index contributed by atoms with van der Waals surface area (Å²) in [6.45, 7) is 9.27. The van der Waals surface area contributed by atoms with Crippen molar-refractivity contribution in [1.82, 2.24) is 15.1 Å². The number of ether oxygens (including phenoxy) is 1. The lowest BCUT2D eigenvalue weighted by molar-refractivity contribution is 0.172. The zero-order chi connectivity index (χ0) is 17.3. The topological polar surface area (TPSA) is 68.2 Å². The molecule has 3 rings (SSSR count). The Hall–Kier alpha value is -2.34. The third kappa shape index (κ3) is 3.28. The second kappa shape index (κ2) is 6.28. The van der Waals surface area contributed by atoms with Crippen LogP contribution in [-0.4, -0.2) is 34.6 Å². The molecule has 0 radical (unpaired) electrons. The molecule has 2 amide bonds. The van der Waals surface area contributed by atoms with E-state index in [4.69, 9.17) is 4.74 Å². The Morgan fingerprint density at radius 1 is 1.33 bits per heavy atom. The summed E-state index contributed by atoms with van der Waals surface area (Å²) in [5.74, 6) is 0. The van der Waals surface area contributed by atoms with E-state index in [1.165, 1.54) is 5.56 Å². The number of carbonyl (C=O) groups is 1. The molecule has 2 heterocycles. The monoisotopic (exact) mass is 328 g/mol. The lowest BCUT2D eigenvalue weighted by atomic mass is 10.0. The van der Waals surface area contributed by atoms with Crippen LogP contribution in [0.5, 0.6) is 0 Å². The van der Waals surface area contributed by atoms with Crippen molar-refractivity contribution in [3.63, 3.8) is 0 Å². The maximum atomic E-state index is 12.3. The van der Waals surface area contributed by atoms with Gasteiger partial charge in [0.2, 0.25) is 0 Å². The zero-order valence-electron chi connectivity index (χ0n) is 14.6. The number of carbonyl (C=O) groups excluding carboxylic acids is 1. The minimum atomic E-state index is -0.304. The molecular weight excluding hydrogens is 304 g/mol. The predicted octanol–water partition coefficient (Wildman–Crippen LogP) is 3.10. The molecular formula is C18H24N4O2. The molecule has 1 aromatic carbocycles. The number of nitrogens with zero attached hydrogens (tertiary/aromatic N) is 2. The van der Waals surface area contributed by atoms with Gasteiger partial charge in [0.15, 0.2) is 0 Å². The van der Waals surface area contributed by atoms with Crippen LogP contribution in [0.1, 0.15) is 30.2 Å². The van der Waals surface area contributed by atoms with Crippen LogP contribution in [0.2, 0.25) is 0 Å². The van der Waals surface area contributed by atoms with Crippen LogP contribution < -0.4 is 10.6 Å². The molecule has 1 aliphatic rings. The highest BCUT2D eigenvalue weighted by Crippen LogP contribution is 2.22. The predicted molar refractivity (Wildman–Crippen MR) is 93.8 cm³/mol. The molecule has 24 heavy (non-hydrogen) atoms.